The van der Waals surface area contributed by atoms with Gasteiger partial charge in [-0.3, -0.25) is 14.5 Å². The Morgan fingerprint density at radius 3 is 2.76 bits per heavy atom. The summed E-state index contributed by atoms with van der Waals surface area (Å²) in [4.78, 5) is 27.7. The highest BCUT2D eigenvalue weighted by molar-refractivity contribution is 6.31. The number of nitrogens with zero attached hydrogens (tertiary/aromatic N) is 3. The van der Waals surface area contributed by atoms with Crippen LogP contribution in [0, 0.1) is 5.92 Å². The number of amides is 1. The first-order valence-electron chi connectivity index (χ1n) is 11.7. The Hall–Kier alpha value is -2.90. The second-order valence-corrected chi connectivity index (χ2v) is 8.99. The predicted molar refractivity (Wildman–Crippen MR) is 131 cm³/mol. The topological polar surface area (TPSA) is 71.4 Å². The van der Waals surface area contributed by atoms with Gasteiger partial charge in [0, 0.05) is 23.6 Å². The number of hydrogen-bond acceptors (Lipinski definition) is 6. The van der Waals surface area contributed by atoms with Gasteiger partial charge in [0.1, 0.15) is 5.75 Å². The normalized spacial score (nSPS) is 20.7. The third-order valence-corrected chi connectivity index (χ3v) is 6.66. The standard InChI is InChI=1S/C26H30ClN3O4/c1-3-34-26(32)19-9-7-13-29(16-19)17-25(31)30-24(21-11-4-5-12-22(21)27)15-23(28-30)18-8-6-10-20(14-18)33-2/h4-6,8,10-12,14,19,24H,3,7,9,13,15-17H2,1-2H3. The average Bonchev–Trinajstić information content (AvgIpc) is 3.30. The van der Waals surface area contributed by atoms with Gasteiger partial charge in [-0.1, -0.05) is 41.9 Å². The van der Waals surface area contributed by atoms with E-state index in [-0.39, 0.29) is 30.4 Å². The van der Waals surface area contributed by atoms with E-state index in [1.165, 1.54) is 0 Å². The quantitative estimate of drug-likeness (QED) is 0.549. The number of esters is 1. The molecule has 2 aliphatic heterocycles. The number of benzene rings is 2. The zero-order valence-corrected chi connectivity index (χ0v) is 20.3. The zero-order chi connectivity index (χ0) is 24.1. The second-order valence-electron chi connectivity index (χ2n) is 8.58. The van der Waals surface area contributed by atoms with Crippen LogP contribution in [0.15, 0.2) is 53.6 Å². The lowest BCUT2D eigenvalue weighted by Crippen LogP contribution is -2.44. The molecule has 2 aromatic rings. The van der Waals surface area contributed by atoms with E-state index in [0.29, 0.717) is 24.6 Å². The molecule has 180 valence electrons. The molecule has 0 aliphatic carbocycles. The fraction of sp³-hybridized carbons (Fsp3) is 0.423. The van der Waals surface area contributed by atoms with Crippen LogP contribution in [-0.2, 0) is 14.3 Å². The summed E-state index contributed by atoms with van der Waals surface area (Å²) in [6, 6.07) is 14.9. The molecule has 0 bridgehead atoms. The minimum Gasteiger partial charge on any atom is -0.497 e. The molecule has 2 heterocycles. The molecule has 0 spiro atoms. The highest BCUT2D eigenvalue weighted by atomic mass is 35.5. The Bertz CT molecular complexity index is 1070. The molecule has 7 nitrogen and oxygen atoms in total. The Morgan fingerprint density at radius 1 is 1.18 bits per heavy atom. The van der Waals surface area contributed by atoms with Gasteiger partial charge >= 0.3 is 5.97 Å². The van der Waals surface area contributed by atoms with Crippen LogP contribution in [0.4, 0.5) is 0 Å². The molecular weight excluding hydrogens is 454 g/mol. The number of carbonyl (C=O) groups excluding carboxylic acids is 2. The van der Waals surface area contributed by atoms with Gasteiger partial charge in [-0.2, -0.15) is 5.10 Å². The molecule has 34 heavy (non-hydrogen) atoms. The Morgan fingerprint density at radius 2 is 2.00 bits per heavy atom. The summed E-state index contributed by atoms with van der Waals surface area (Å²) >= 11 is 6.52. The van der Waals surface area contributed by atoms with Crippen molar-refractivity contribution < 1.29 is 19.1 Å². The van der Waals surface area contributed by atoms with Crippen molar-refractivity contribution in [3.05, 3.63) is 64.7 Å². The molecule has 8 heteroatoms. The summed E-state index contributed by atoms with van der Waals surface area (Å²) in [5.41, 5.74) is 2.58. The van der Waals surface area contributed by atoms with Crippen molar-refractivity contribution in [2.45, 2.75) is 32.2 Å². The average molecular weight is 484 g/mol. The van der Waals surface area contributed by atoms with E-state index in [1.807, 2.05) is 60.4 Å². The van der Waals surface area contributed by atoms with E-state index in [4.69, 9.17) is 26.2 Å². The van der Waals surface area contributed by atoms with Crippen molar-refractivity contribution in [2.75, 3.05) is 33.4 Å². The van der Waals surface area contributed by atoms with Crippen LogP contribution in [0.2, 0.25) is 5.02 Å². The Balaban J connectivity index is 1.56. The predicted octanol–water partition coefficient (Wildman–Crippen LogP) is 4.30. The van der Waals surface area contributed by atoms with Gasteiger partial charge in [0.15, 0.2) is 0 Å². The number of ether oxygens (including phenoxy) is 2. The van der Waals surface area contributed by atoms with Gasteiger partial charge in [-0.05, 0) is 50.1 Å². The lowest BCUT2D eigenvalue weighted by molar-refractivity contribution is -0.150. The maximum atomic E-state index is 13.5. The highest BCUT2D eigenvalue weighted by Gasteiger charge is 2.36. The lowest BCUT2D eigenvalue weighted by atomic mass is 9.97. The maximum absolute atomic E-state index is 13.5. The van der Waals surface area contributed by atoms with Gasteiger partial charge in [-0.25, -0.2) is 5.01 Å². The van der Waals surface area contributed by atoms with Crippen LogP contribution in [0.3, 0.4) is 0 Å². The van der Waals surface area contributed by atoms with E-state index >= 15 is 0 Å². The SMILES string of the molecule is CCOC(=O)C1CCCN(CC(=O)N2N=C(c3cccc(OC)c3)CC2c2ccccc2Cl)C1. The van der Waals surface area contributed by atoms with Crippen molar-refractivity contribution in [3.8, 4) is 5.75 Å². The van der Waals surface area contributed by atoms with E-state index < -0.39 is 0 Å². The molecule has 2 unspecified atom stereocenters. The maximum Gasteiger partial charge on any atom is 0.310 e. The number of rotatable bonds is 7. The minimum absolute atomic E-state index is 0.118. The summed E-state index contributed by atoms with van der Waals surface area (Å²) in [5, 5.41) is 6.91. The second kappa shape index (κ2) is 11.0. The van der Waals surface area contributed by atoms with E-state index in [0.717, 1.165) is 42.0 Å². The Labute approximate surface area is 205 Å². The summed E-state index contributed by atoms with van der Waals surface area (Å²) in [6.45, 7) is 3.64. The first-order valence-corrected chi connectivity index (χ1v) is 12.0. The highest BCUT2D eigenvalue weighted by Crippen LogP contribution is 2.37. The van der Waals surface area contributed by atoms with Crippen LogP contribution in [0.5, 0.6) is 5.75 Å². The molecule has 1 saturated heterocycles. The van der Waals surface area contributed by atoms with Crippen LogP contribution in [-0.4, -0.2) is 60.8 Å². The van der Waals surface area contributed by atoms with E-state index in [2.05, 4.69) is 0 Å². The lowest BCUT2D eigenvalue weighted by Gasteiger charge is -2.32. The summed E-state index contributed by atoms with van der Waals surface area (Å²) in [7, 11) is 1.63. The summed E-state index contributed by atoms with van der Waals surface area (Å²) < 4.78 is 10.6. The number of carbonyl (C=O) groups is 2. The van der Waals surface area contributed by atoms with Gasteiger partial charge in [0.25, 0.3) is 5.91 Å². The van der Waals surface area contributed by atoms with Crippen LogP contribution < -0.4 is 4.74 Å². The van der Waals surface area contributed by atoms with Crippen molar-refractivity contribution in [2.24, 2.45) is 11.0 Å². The van der Waals surface area contributed by atoms with E-state index in [9.17, 15) is 9.59 Å². The van der Waals surface area contributed by atoms with Crippen molar-refractivity contribution in [3.63, 3.8) is 0 Å². The van der Waals surface area contributed by atoms with Crippen LogP contribution in [0.25, 0.3) is 0 Å². The molecule has 0 radical (unpaired) electrons. The minimum atomic E-state index is -0.298. The van der Waals surface area contributed by atoms with Gasteiger partial charge in [0.2, 0.25) is 0 Å². The van der Waals surface area contributed by atoms with Gasteiger partial charge < -0.3 is 9.47 Å². The zero-order valence-electron chi connectivity index (χ0n) is 19.6. The van der Waals surface area contributed by atoms with Crippen LogP contribution >= 0.6 is 11.6 Å². The number of hydrogen-bond donors (Lipinski definition) is 0. The molecule has 0 N–H and O–H groups in total. The van der Waals surface area contributed by atoms with Gasteiger partial charge in [0.05, 0.1) is 37.9 Å². The number of halogens is 1. The first-order chi connectivity index (χ1) is 16.5. The molecule has 4 rings (SSSR count). The fourth-order valence-electron chi connectivity index (χ4n) is 4.62. The molecule has 1 fully saturated rings. The smallest absolute Gasteiger partial charge is 0.310 e. The molecule has 0 saturated carbocycles. The Kier molecular flexibility index (Phi) is 7.85. The monoisotopic (exact) mass is 483 g/mol. The number of hydrazone groups is 1. The number of methoxy groups -OCH3 is 1. The molecule has 2 aliphatic rings. The van der Waals surface area contributed by atoms with Gasteiger partial charge in [-0.15, -0.1) is 0 Å². The summed E-state index contributed by atoms with van der Waals surface area (Å²) in [6.07, 6.45) is 2.19. The van der Waals surface area contributed by atoms with Crippen molar-refractivity contribution in [1.29, 1.82) is 0 Å². The third-order valence-electron chi connectivity index (χ3n) is 6.32. The summed E-state index contributed by atoms with van der Waals surface area (Å²) in [5.74, 6) is 0.230. The number of piperidine rings is 1. The molecule has 2 aromatic carbocycles. The van der Waals surface area contributed by atoms with Crippen molar-refractivity contribution >= 4 is 29.2 Å². The fourth-order valence-corrected chi connectivity index (χ4v) is 4.88. The molecule has 0 aromatic heterocycles. The number of likely N-dealkylation sites (tertiary alicyclic amines) is 1. The molecular formula is C26H30ClN3O4. The molecule has 1 amide bonds. The van der Waals surface area contributed by atoms with Crippen LogP contribution in [0.1, 0.15) is 43.4 Å². The largest absolute Gasteiger partial charge is 0.497 e. The van der Waals surface area contributed by atoms with E-state index in [1.54, 1.807) is 12.1 Å². The molecule has 2 atom stereocenters. The first kappa shape index (κ1) is 24.2. The third kappa shape index (κ3) is 5.42. The van der Waals surface area contributed by atoms with Crippen molar-refractivity contribution in [1.82, 2.24) is 9.91 Å².